The summed E-state index contributed by atoms with van der Waals surface area (Å²) in [6, 6.07) is 8.78. The van der Waals surface area contributed by atoms with Gasteiger partial charge >= 0.3 is 0 Å². The zero-order chi connectivity index (χ0) is 13.3. The van der Waals surface area contributed by atoms with Gasteiger partial charge in [-0.05, 0) is 40.3 Å². The van der Waals surface area contributed by atoms with Gasteiger partial charge in [-0.25, -0.2) is 13.2 Å². The molecule has 0 fully saturated rings. The van der Waals surface area contributed by atoms with Gasteiger partial charge in [-0.1, -0.05) is 34.1 Å². The molecule has 0 spiro atoms. The lowest BCUT2D eigenvalue weighted by Gasteiger charge is -2.13. The lowest BCUT2D eigenvalue weighted by Crippen LogP contribution is -2.01. The van der Waals surface area contributed by atoms with Crippen LogP contribution >= 0.6 is 38.5 Å². The summed E-state index contributed by atoms with van der Waals surface area (Å²) < 4.78 is 40.6. The van der Waals surface area contributed by atoms with Crippen LogP contribution in [0.2, 0.25) is 0 Å². The Morgan fingerprint density at radius 3 is 2.17 bits per heavy atom. The second-order valence-electron chi connectivity index (χ2n) is 3.67. The number of hydrogen-bond acceptors (Lipinski definition) is 0. The molecule has 0 aliphatic carbocycles. The van der Waals surface area contributed by atoms with Crippen molar-refractivity contribution < 1.29 is 13.2 Å². The first kappa shape index (κ1) is 13.9. The molecule has 2 aromatic rings. The van der Waals surface area contributed by atoms with Crippen LogP contribution in [0.3, 0.4) is 0 Å². The minimum Gasteiger partial charge on any atom is -0.207 e. The van der Waals surface area contributed by atoms with Crippen LogP contribution in [-0.4, -0.2) is 0 Å². The quantitative estimate of drug-likeness (QED) is 0.352. The molecule has 0 saturated heterocycles. The van der Waals surface area contributed by atoms with Crippen LogP contribution in [0.15, 0.2) is 36.4 Å². The Morgan fingerprint density at radius 1 is 0.889 bits per heavy atom. The molecule has 0 saturated carbocycles. The van der Waals surface area contributed by atoms with Crippen LogP contribution in [0.4, 0.5) is 13.2 Å². The summed E-state index contributed by atoms with van der Waals surface area (Å²) >= 11 is 5.43. The van der Waals surface area contributed by atoms with Crippen LogP contribution < -0.4 is 0 Å². The molecule has 0 radical (unpaired) electrons. The number of hydrogen-bond donors (Lipinski definition) is 0. The maximum atomic E-state index is 13.7. The molecular weight excluding hydrogens is 420 g/mol. The molecule has 0 bridgehead atoms. The first-order valence-electron chi connectivity index (χ1n) is 5.03. The molecule has 94 valence electrons. The van der Waals surface area contributed by atoms with Gasteiger partial charge in [0.1, 0.15) is 5.82 Å². The fraction of sp³-hybridized carbons (Fsp3) is 0.0769. The van der Waals surface area contributed by atoms with Crippen molar-refractivity contribution in [1.82, 2.24) is 0 Å². The van der Waals surface area contributed by atoms with Gasteiger partial charge in [0, 0.05) is 15.2 Å². The van der Waals surface area contributed by atoms with Crippen LogP contribution in [0.5, 0.6) is 0 Å². The Morgan fingerprint density at radius 2 is 1.50 bits per heavy atom. The third-order valence-electron chi connectivity index (χ3n) is 2.49. The molecule has 2 aromatic carbocycles. The highest BCUT2D eigenvalue weighted by Crippen LogP contribution is 2.35. The van der Waals surface area contributed by atoms with Crippen LogP contribution in [-0.2, 0) is 0 Å². The number of alkyl halides is 1. The molecule has 18 heavy (non-hydrogen) atoms. The van der Waals surface area contributed by atoms with Gasteiger partial charge in [0.25, 0.3) is 0 Å². The number of benzene rings is 2. The van der Waals surface area contributed by atoms with Crippen LogP contribution in [0.1, 0.15) is 16.0 Å². The Labute approximate surface area is 124 Å². The van der Waals surface area contributed by atoms with Crippen molar-refractivity contribution in [2.45, 2.75) is 4.83 Å². The van der Waals surface area contributed by atoms with E-state index in [1.165, 1.54) is 0 Å². The van der Waals surface area contributed by atoms with Gasteiger partial charge in [-0.2, -0.15) is 0 Å². The van der Waals surface area contributed by atoms with Gasteiger partial charge < -0.3 is 0 Å². The van der Waals surface area contributed by atoms with Crippen molar-refractivity contribution in [3.8, 4) is 0 Å². The summed E-state index contributed by atoms with van der Waals surface area (Å²) in [4.78, 5) is -0.513. The molecule has 0 heterocycles. The van der Waals surface area contributed by atoms with Crippen molar-refractivity contribution in [3.05, 3.63) is 68.5 Å². The zero-order valence-corrected chi connectivity index (χ0v) is 12.7. The molecular formula is C13H7BrF3I. The minimum atomic E-state index is -1.18. The van der Waals surface area contributed by atoms with Crippen molar-refractivity contribution in [3.63, 3.8) is 0 Å². The fourth-order valence-electron chi connectivity index (χ4n) is 1.58. The summed E-state index contributed by atoms with van der Waals surface area (Å²) in [6.07, 6.45) is 0. The molecule has 0 aliphatic rings. The normalized spacial score (nSPS) is 12.5. The highest BCUT2D eigenvalue weighted by molar-refractivity contribution is 14.1. The highest BCUT2D eigenvalue weighted by Gasteiger charge is 2.19. The average Bonchev–Trinajstić information content (AvgIpc) is 2.33. The van der Waals surface area contributed by atoms with E-state index in [9.17, 15) is 13.2 Å². The maximum absolute atomic E-state index is 13.7. The zero-order valence-electron chi connectivity index (χ0n) is 8.93. The minimum absolute atomic E-state index is 0.0815. The third-order valence-corrected chi connectivity index (χ3v) is 4.46. The molecule has 0 aliphatic heterocycles. The summed E-state index contributed by atoms with van der Waals surface area (Å²) in [7, 11) is 0. The van der Waals surface area contributed by atoms with E-state index in [1.807, 2.05) is 24.3 Å². The number of halogens is 5. The van der Waals surface area contributed by atoms with Crippen LogP contribution in [0.25, 0.3) is 0 Å². The topological polar surface area (TPSA) is 0 Å². The second kappa shape index (κ2) is 5.61. The van der Waals surface area contributed by atoms with Gasteiger partial charge in [0.05, 0.1) is 4.83 Å². The predicted octanol–water partition coefficient (Wildman–Crippen LogP) is 5.19. The van der Waals surface area contributed by atoms with E-state index in [2.05, 4.69) is 38.5 Å². The first-order chi connectivity index (χ1) is 8.50. The molecule has 1 atom stereocenters. The van der Waals surface area contributed by atoms with E-state index in [4.69, 9.17) is 0 Å². The van der Waals surface area contributed by atoms with Gasteiger partial charge in [-0.3, -0.25) is 0 Å². The monoisotopic (exact) mass is 426 g/mol. The Kier molecular flexibility index (Phi) is 4.32. The van der Waals surface area contributed by atoms with Gasteiger partial charge in [0.15, 0.2) is 11.6 Å². The molecule has 0 amide bonds. The van der Waals surface area contributed by atoms with Gasteiger partial charge in [-0.15, -0.1) is 0 Å². The SMILES string of the molecule is Fc1cc(F)c(C(Br)c2ccccc2I)cc1F. The molecule has 0 aromatic heterocycles. The molecule has 5 heteroatoms. The van der Waals surface area contributed by atoms with E-state index in [-0.39, 0.29) is 5.56 Å². The summed E-state index contributed by atoms with van der Waals surface area (Å²) in [5, 5.41) is 0. The molecule has 1 unspecified atom stereocenters. The Bertz CT molecular complexity index is 586. The van der Waals surface area contributed by atoms with E-state index in [0.717, 1.165) is 15.2 Å². The summed E-state index contributed by atoms with van der Waals surface area (Å²) in [6.45, 7) is 0. The van der Waals surface area contributed by atoms with Crippen molar-refractivity contribution in [2.24, 2.45) is 0 Å². The van der Waals surface area contributed by atoms with E-state index < -0.39 is 22.3 Å². The largest absolute Gasteiger partial charge is 0.207 e. The third kappa shape index (κ3) is 2.71. The van der Waals surface area contributed by atoms with E-state index in [0.29, 0.717) is 6.07 Å². The molecule has 0 N–H and O–H groups in total. The molecule has 0 nitrogen and oxygen atoms in total. The number of rotatable bonds is 2. The summed E-state index contributed by atoms with van der Waals surface area (Å²) in [5.74, 6) is -3.00. The first-order valence-corrected chi connectivity index (χ1v) is 7.03. The lowest BCUT2D eigenvalue weighted by atomic mass is 10.0. The highest BCUT2D eigenvalue weighted by atomic mass is 127. The predicted molar refractivity (Wildman–Crippen MR) is 76.2 cm³/mol. The second-order valence-corrected chi connectivity index (χ2v) is 5.75. The smallest absolute Gasteiger partial charge is 0.161 e. The Hall–Kier alpha value is -0.560. The van der Waals surface area contributed by atoms with Gasteiger partial charge in [0.2, 0.25) is 0 Å². The summed E-state index contributed by atoms with van der Waals surface area (Å²) in [5.41, 5.74) is 0.890. The van der Waals surface area contributed by atoms with Crippen molar-refractivity contribution >= 4 is 38.5 Å². The lowest BCUT2D eigenvalue weighted by molar-refractivity contribution is 0.491. The molecule has 2 rings (SSSR count). The van der Waals surface area contributed by atoms with E-state index in [1.54, 1.807) is 0 Å². The van der Waals surface area contributed by atoms with Crippen molar-refractivity contribution in [1.29, 1.82) is 0 Å². The maximum Gasteiger partial charge on any atom is 0.161 e. The fourth-order valence-corrected chi connectivity index (χ4v) is 3.46. The standard InChI is InChI=1S/C13H7BrF3I/c14-13(7-3-1-2-4-12(7)18)8-5-10(16)11(17)6-9(8)15/h1-6,13H. The average molecular weight is 427 g/mol. The van der Waals surface area contributed by atoms with Crippen LogP contribution in [0, 0.1) is 21.0 Å². The van der Waals surface area contributed by atoms with E-state index >= 15 is 0 Å². The Balaban J connectivity index is 2.50. The van der Waals surface area contributed by atoms with Crippen molar-refractivity contribution in [2.75, 3.05) is 0 Å².